The van der Waals surface area contributed by atoms with E-state index < -0.39 is 18.5 Å². The van der Waals surface area contributed by atoms with Crippen LogP contribution in [-0.4, -0.2) is 31.5 Å². The standard InChI is InChI=1S/C20H22N2O5/c1-26-17-10-6-5-9-16(17)22-19(24)14-27-20(25)12-11-18(23)21-13-15-7-3-2-4-8-15/h2-10H,11-14H2,1H3,(H,21,23)(H,22,24). The molecular weight excluding hydrogens is 348 g/mol. The summed E-state index contributed by atoms with van der Waals surface area (Å²) in [6.45, 7) is -0.0292. The van der Waals surface area contributed by atoms with Crippen LogP contribution in [0, 0.1) is 0 Å². The Labute approximate surface area is 157 Å². The molecule has 2 N–H and O–H groups in total. The molecule has 0 atom stereocenters. The summed E-state index contributed by atoms with van der Waals surface area (Å²) >= 11 is 0. The zero-order chi connectivity index (χ0) is 19.5. The lowest BCUT2D eigenvalue weighted by Crippen LogP contribution is -2.25. The number of carbonyl (C=O) groups is 3. The fraction of sp³-hybridized carbons (Fsp3) is 0.250. The largest absolute Gasteiger partial charge is 0.495 e. The molecule has 0 radical (unpaired) electrons. The molecule has 0 heterocycles. The smallest absolute Gasteiger partial charge is 0.306 e. The van der Waals surface area contributed by atoms with Crippen LogP contribution in [0.1, 0.15) is 18.4 Å². The average Bonchev–Trinajstić information content (AvgIpc) is 2.70. The fourth-order valence-corrected chi connectivity index (χ4v) is 2.25. The first-order chi connectivity index (χ1) is 13.1. The van der Waals surface area contributed by atoms with E-state index in [9.17, 15) is 14.4 Å². The lowest BCUT2D eigenvalue weighted by Gasteiger charge is -2.10. The third-order valence-electron chi connectivity index (χ3n) is 3.63. The van der Waals surface area contributed by atoms with Crippen LogP contribution in [0.15, 0.2) is 54.6 Å². The first-order valence-electron chi connectivity index (χ1n) is 8.47. The lowest BCUT2D eigenvalue weighted by atomic mass is 10.2. The molecule has 0 saturated heterocycles. The van der Waals surface area contributed by atoms with E-state index in [-0.39, 0.29) is 18.7 Å². The van der Waals surface area contributed by atoms with Crippen molar-refractivity contribution in [1.82, 2.24) is 5.32 Å². The predicted molar refractivity (Wildman–Crippen MR) is 100 cm³/mol. The van der Waals surface area contributed by atoms with E-state index in [1.165, 1.54) is 7.11 Å². The van der Waals surface area contributed by atoms with Gasteiger partial charge in [-0.2, -0.15) is 0 Å². The van der Waals surface area contributed by atoms with Crippen LogP contribution in [0.2, 0.25) is 0 Å². The van der Waals surface area contributed by atoms with Gasteiger partial charge < -0.3 is 20.1 Å². The van der Waals surface area contributed by atoms with Gasteiger partial charge in [0, 0.05) is 13.0 Å². The number of nitrogens with one attached hydrogen (secondary N) is 2. The second-order valence-electron chi connectivity index (χ2n) is 5.67. The maximum atomic E-state index is 11.9. The van der Waals surface area contributed by atoms with E-state index in [0.717, 1.165) is 5.56 Å². The highest BCUT2D eigenvalue weighted by atomic mass is 16.5. The Morgan fingerprint density at radius 1 is 0.889 bits per heavy atom. The number of carbonyl (C=O) groups excluding carboxylic acids is 3. The Bertz CT molecular complexity index is 777. The van der Waals surface area contributed by atoms with Gasteiger partial charge in [0.15, 0.2) is 6.61 Å². The Morgan fingerprint density at radius 3 is 2.33 bits per heavy atom. The zero-order valence-electron chi connectivity index (χ0n) is 15.1. The molecule has 0 bridgehead atoms. The maximum Gasteiger partial charge on any atom is 0.306 e. The van der Waals surface area contributed by atoms with Gasteiger partial charge in [0.05, 0.1) is 19.2 Å². The van der Waals surface area contributed by atoms with Crippen molar-refractivity contribution in [3.8, 4) is 5.75 Å². The van der Waals surface area contributed by atoms with Crippen molar-refractivity contribution >= 4 is 23.5 Å². The van der Waals surface area contributed by atoms with Crippen molar-refractivity contribution in [2.24, 2.45) is 0 Å². The van der Waals surface area contributed by atoms with E-state index in [4.69, 9.17) is 9.47 Å². The van der Waals surface area contributed by atoms with Crippen LogP contribution in [0.4, 0.5) is 5.69 Å². The molecule has 0 aromatic heterocycles. The van der Waals surface area contributed by atoms with Crippen LogP contribution in [0.5, 0.6) is 5.75 Å². The Balaban J connectivity index is 1.65. The number of benzene rings is 2. The summed E-state index contributed by atoms with van der Waals surface area (Å²) in [7, 11) is 1.49. The molecular formula is C20H22N2O5. The number of ether oxygens (including phenoxy) is 2. The van der Waals surface area contributed by atoms with Crippen molar-refractivity contribution in [3.05, 3.63) is 60.2 Å². The zero-order valence-corrected chi connectivity index (χ0v) is 15.1. The third kappa shape index (κ3) is 7.19. The summed E-state index contributed by atoms with van der Waals surface area (Å²) in [6.07, 6.45) is -0.0949. The SMILES string of the molecule is COc1ccccc1NC(=O)COC(=O)CCC(=O)NCc1ccccc1. The number of amides is 2. The number of methoxy groups -OCH3 is 1. The average molecular weight is 370 g/mol. The first-order valence-corrected chi connectivity index (χ1v) is 8.47. The molecule has 0 unspecified atom stereocenters. The summed E-state index contributed by atoms with van der Waals surface area (Å²) in [5.41, 5.74) is 1.46. The van der Waals surface area contributed by atoms with Gasteiger partial charge >= 0.3 is 5.97 Å². The number of hydrogen-bond donors (Lipinski definition) is 2. The lowest BCUT2D eigenvalue weighted by molar-refractivity contribution is -0.148. The van der Waals surface area contributed by atoms with E-state index in [1.807, 2.05) is 30.3 Å². The summed E-state index contributed by atoms with van der Waals surface area (Å²) in [6, 6.07) is 16.4. The van der Waals surface area contributed by atoms with Gasteiger partial charge in [0.25, 0.3) is 5.91 Å². The van der Waals surface area contributed by atoms with E-state index in [1.54, 1.807) is 24.3 Å². The van der Waals surface area contributed by atoms with Crippen molar-refractivity contribution in [1.29, 1.82) is 0 Å². The molecule has 2 aromatic rings. The number of para-hydroxylation sites is 2. The topological polar surface area (TPSA) is 93.7 Å². The maximum absolute atomic E-state index is 11.9. The van der Waals surface area contributed by atoms with Crippen molar-refractivity contribution in [2.75, 3.05) is 19.0 Å². The van der Waals surface area contributed by atoms with Crippen molar-refractivity contribution in [2.45, 2.75) is 19.4 Å². The van der Waals surface area contributed by atoms with E-state index >= 15 is 0 Å². The van der Waals surface area contributed by atoms with Gasteiger partial charge in [-0.15, -0.1) is 0 Å². The summed E-state index contributed by atoms with van der Waals surface area (Å²) in [4.78, 5) is 35.3. The molecule has 142 valence electrons. The molecule has 27 heavy (non-hydrogen) atoms. The highest BCUT2D eigenvalue weighted by Gasteiger charge is 2.12. The summed E-state index contributed by atoms with van der Waals surface area (Å²) in [5.74, 6) is -0.844. The highest BCUT2D eigenvalue weighted by molar-refractivity contribution is 5.94. The van der Waals surface area contributed by atoms with Crippen LogP contribution < -0.4 is 15.4 Å². The first kappa shape index (κ1) is 20.0. The van der Waals surface area contributed by atoms with Gasteiger partial charge in [-0.1, -0.05) is 42.5 Å². The van der Waals surface area contributed by atoms with Crippen LogP contribution in [-0.2, 0) is 25.7 Å². The Morgan fingerprint density at radius 2 is 1.59 bits per heavy atom. The Kier molecular flexibility index (Phi) is 7.84. The second kappa shape index (κ2) is 10.6. The fourth-order valence-electron chi connectivity index (χ4n) is 2.25. The van der Waals surface area contributed by atoms with Gasteiger partial charge in [-0.25, -0.2) is 0 Å². The Hall–Kier alpha value is -3.35. The minimum absolute atomic E-state index is 0.000204. The predicted octanol–water partition coefficient (Wildman–Crippen LogP) is 2.27. The van der Waals surface area contributed by atoms with Crippen LogP contribution in [0.25, 0.3) is 0 Å². The van der Waals surface area contributed by atoms with Crippen molar-refractivity contribution < 1.29 is 23.9 Å². The molecule has 0 aliphatic rings. The highest BCUT2D eigenvalue weighted by Crippen LogP contribution is 2.22. The summed E-state index contributed by atoms with van der Waals surface area (Å²) in [5, 5.41) is 5.32. The van der Waals surface area contributed by atoms with Gasteiger partial charge in [-0.05, 0) is 17.7 Å². The molecule has 2 rings (SSSR count). The third-order valence-corrected chi connectivity index (χ3v) is 3.63. The molecule has 0 fully saturated rings. The number of rotatable bonds is 9. The summed E-state index contributed by atoms with van der Waals surface area (Å²) < 4.78 is 10.0. The van der Waals surface area contributed by atoms with Gasteiger partial charge in [0.2, 0.25) is 5.91 Å². The molecule has 2 aromatic carbocycles. The van der Waals surface area contributed by atoms with Crippen LogP contribution >= 0.6 is 0 Å². The molecule has 0 aliphatic carbocycles. The second-order valence-corrected chi connectivity index (χ2v) is 5.67. The quantitative estimate of drug-likeness (QED) is 0.661. The normalized spacial score (nSPS) is 9.96. The van der Waals surface area contributed by atoms with E-state index in [2.05, 4.69) is 10.6 Å². The number of esters is 1. The van der Waals surface area contributed by atoms with Gasteiger partial charge in [0.1, 0.15) is 5.75 Å². The molecule has 7 heteroatoms. The minimum Gasteiger partial charge on any atom is -0.495 e. The molecule has 7 nitrogen and oxygen atoms in total. The molecule has 2 amide bonds. The number of anilines is 1. The minimum atomic E-state index is -0.611. The molecule has 0 saturated carbocycles. The number of hydrogen-bond acceptors (Lipinski definition) is 5. The van der Waals surface area contributed by atoms with Gasteiger partial charge in [-0.3, -0.25) is 14.4 Å². The van der Waals surface area contributed by atoms with Crippen LogP contribution in [0.3, 0.4) is 0 Å². The monoisotopic (exact) mass is 370 g/mol. The van der Waals surface area contributed by atoms with E-state index in [0.29, 0.717) is 18.0 Å². The molecule has 0 spiro atoms. The molecule has 0 aliphatic heterocycles. The van der Waals surface area contributed by atoms with Crippen molar-refractivity contribution in [3.63, 3.8) is 0 Å².